The molecule has 0 aliphatic carbocycles. The summed E-state index contributed by atoms with van der Waals surface area (Å²) in [7, 11) is 0. The van der Waals surface area contributed by atoms with Gasteiger partial charge in [0, 0.05) is 13.1 Å². The molecule has 0 aliphatic heterocycles. The van der Waals surface area contributed by atoms with E-state index in [0.717, 1.165) is 11.1 Å². The molecule has 0 fully saturated rings. The third-order valence-corrected chi connectivity index (χ3v) is 4.67. The maximum Gasteiger partial charge on any atom is 0.261 e. The van der Waals surface area contributed by atoms with Crippen LogP contribution in [0.2, 0.25) is 0 Å². The van der Waals surface area contributed by atoms with Crippen LogP contribution in [0.5, 0.6) is 5.75 Å². The number of likely N-dealkylation sites (N-methyl/N-ethyl adjacent to an activating group) is 1. The number of amides is 2. The fraction of sp³-hybridized carbons (Fsp3) is 0.391. The van der Waals surface area contributed by atoms with Crippen molar-refractivity contribution in [3.63, 3.8) is 0 Å². The van der Waals surface area contributed by atoms with Gasteiger partial charge in [0.2, 0.25) is 5.91 Å². The number of benzene rings is 2. The second-order valence-electron chi connectivity index (χ2n) is 6.70. The van der Waals surface area contributed by atoms with E-state index in [2.05, 4.69) is 5.32 Å². The van der Waals surface area contributed by atoms with E-state index in [0.29, 0.717) is 31.7 Å². The van der Waals surface area contributed by atoms with Gasteiger partial charge in [0.25, 0.3) is 5.91 Å². The van der Waals surface area contributed by atoms with E-state index in [4.69, 9.17) is 4.74 Å². The Morgan fingerprint density at radius 1 is 1.04 bits per heavy atom. The standard InChI is InChI=1S/C23H30N2O3/c1-4-20(23(27)24-5-2)25(16-15-19-12-7-6-8-13-19)22(26)17-28-21-14-10-9-11-18(21)3/h6-14,20H,4-5,15-17H2,1-3H3,(H,24,27)/t20-/m1/s1. The monoisotopic (exact) mass is 382 g/mol. The van der Waals surface area contributed by atoms with Crippen LogP contribution in [-0.2, 0) is 16.0 Å². The second-order valence-corrected chi connectivity index (χ2v) is 6.70. The van der Waals surface area contributed by atoms with Gasteiger partial charge in [0.05, 0.1) is 0 Å². The Bertz CT molecular complexity index is 761. The van der Waals surface area contributed by atoms with Crippen molar-refractivity contribution in [2.45, 2.75) is 39.7 Å². The molecule has 1 N–H and O–H groups in total. The van der Waals surface area contributed by atoms with E-state index in [1.807, 2.05) is 75.4 Å². The van der Waals surface area contributed by atoms with Crippen molar-refractivity contribution in [3.05, 3.63) is 65.7 Å². The first-order chi connectivity index (χ1) is 13.6. The van der Waals surface area contributed by atoms with Gasteiger partial charge in [-0.1, -0.05) is 55.5 Å². The Morgan fingerprint density at radius 3 is 2.36 bits per heavy atom. The van der Waals surface area contributed by atoms with Crippen LogP contribution in [0, 0.1) is 6.92 Å². The summed E-state index contributed by atoms with van der Waals surface area (Å²) in [6.07, 6.45) is 1.24. The van der Waals surface area contributed by atoms with Crippen LogP contribution in [0.4, 0.5) is 0 Å². The molecule has 0 saturated carbocycles. The van der Waals surface area contributed by atoms with Crippen LogP contribution in [-0.4, -0.2) is 42.5 Å². The largest absolute Gasteiger partial charge is 0.484 e. The zero-order valence-electron chi connectivity index (χ0n) is 17.0. The van der Waals surface area contributed by atoms with E-state index < -0.39 is 6.04 Å². The quantitative estimate of drug-likeness (QED) is 0.685. The summed E-state index contributed by atoms with van der Waals surface area (Å²) in [6, 6.07) is 17.1. The van der Waals surface area contributed by atoms with E-state index in [1.54, 1.807) is 4.90 Å². The number of hydrogen-bond acceptors (Lipinski definition) is 3. The second kappa shape index (κ2) is 11.1. The summed E-state index contributed by atoms with van der Waals surface area (Å²) >= 11 is 0. The summed E-state index contributed by atoms with van der Waals surface area (Å²) in [4.78, 5) is 27.1. The van der Waals surface area contributed by atoms with Gasteiger partial charge in [0.15, 0.2) is 6.61 Å². The molecule has 5 nitrogen and oxygen atoms in total. The lowest BCUT2D eigenvalue weighted by atomic mass is 10.1. The summed E-state index contributed by atoms with van der Waals surface area (Å²) in [6.45, 7) is 6.66. The molecule has 150 valence electrons. The minimum absolute atomic E-state index is 0.0877. The van der Waals surface area contributed by atoms with Crippen molar-refractivity contribution in [1.29, 1.82) is 0 Å². The van der Waals surface area contributed by atoms with Crippen LogP contribution < -0.4 is 10.1 Å². The molecule has 28 heavy (non-hydrogen) atoms. The maximum absolute atomic E-state index is 13.0. The van der Waals surface area contributed by atoms with E-state index in [9.17, 15) is 9.59 Å². The first kappa shape index (κ1) is 21.5. The van der Waals surface area contributed by atoms with E-state index >= 15 is 0 Å². The molecule has 0 bridgehead atoms. The Kier molecular flexibility index (Phi) is 8.53. The van der Waals surface area contributed by atoms with Gasteiger partial charge in [-0.3, -0.25) is 9.59 Å². The van der Waals surface area contributed by atoms with Crippen molar-refractivity contribution in [1.82, 2.24) is 10.2 Å². The molecule has 2 rings (SSSR count). The minimum Gasteiger partial charge on any atom is -0.484 e. The summed E-state index contributed by atoms with van der Waals surface area (Å²) < 4.78 is 5.74. The topological polar surface area (TPSA) is 58.6 Å². The Morgan fingerprint density at radius 2 is 1.71 bits per heavy atom. The van der Waals surface area contributed by atoms with Crippen LogP contribution in [0.25, 0.3) is 0 Å². The number of nitrogens with one attached hydrogen (secondary N) is 1. The number of carbonyl (C=O) groups excluding carboxylic acids is 2. The summed E-state index contributed by atoms with van der Waals surface area (Å²) in [5, 5.41) is 2.84. The fourth-order valence-electron chi connectivity index (χ4n) is 3.13. The van der Waals surface area contributed by atoms with Crippen LogP contribution in [0.3, 0.4) is 0 Å². The molecular weight excluding hydrogens is 352 g/mol. The lowest BCUT2D eigenvalue weighted by Crippen LogP contribution is -2.51. The number of hydrogen-bond donors (Lipinski definition) is 1. The third kappa shape index (κ3) is 6.12. The highest BCUT2D eigenvalue weighted by molar-refractivity contribution is 5.88. The maximum atomic E-state index is 13.0. The highest BCUT2D eigenvalue weighted by Gasteiger charge is 2.28. The molecule has 2 aromatic carbocycles. The molecule has 2 aromatic rings. The molecule has 0 radical (unpaired) electrons. The van der Waals surface area contributed by atoms with Crippen molar-refractivity contribution in [3.8, 4) is 5.75 Å². The Hall–Kier alpha value is -2.82. The molecule has 0 aromatic heterocycles. The van der Waals surface area contributed by atoms with Gasteiger partial charge in [0.1, 0.15) is 11.8 Å². The first-order valence-corrected chi connectivity index (χ1v) is 9.86. The van der Waals surface area contributed by atoms with Gasteiger partial charge >= 0.3 is 0 Å². The number of ether oxygens (including phenoxy) is 1. The fourth-order valence-corrected chi connectivity index (χ4v) is 3.13. The van der Waals surface area contributed by atoms with Crippen LogP contribution >= 0.6 is 0 Å². The Labute approximate surface area is 167 Å². The molecule has 1 atom stereocenters. The number of nitrogens with zero attached hydrogens (tertiary/aromatic N) is 1. The van der Waals surface area contributed by atoms with E-state index in [1.165, 1.54) is 0 Å². The average Bonchev–Trinajstić information content (AvgIpc) is 2.71. The zero-order valence-corrected chi connectivity index (χ0v) is 17.0. The SMILES string of the molecule is CCNC(=O)[C@@H](CC)N(CCc1ccccc1)C(=O)COc1ccccc1C. The van der Waals surface area contributed by atoms with Gasteiger partial charge < -0.3 is 15.0 Å². The van der Waals surface area contributed by atoms with Crippen molar-refractivity contribution in [2.75, 3.05) is 19.7 Å². The predicted octanol–water partition coefficient (Wildman–Crippen LogP) is 3.36. The van der Waals surface area contributed by atoms with Gasteiger partial charge in [-0.05, 0) is 43.9 Å². The minimum atomic E-state index is -0.503. The van der Waals surface area contributed by atoms with Gasteiger partial charge in [-0.25, -0.2) is 0 Å². The molecule has 0 saturated heterocycles. The summed E-state index contributed by atoms with van der Waals surface area (Å²) in [5.74, 6) is 0.379. The average molecular weight is 383 g/mol. The molecule has 2 amide bonds. The lowest BCUT2D eigenvalue weighted by molar-refractivity contribution is -0.142. The van der Waals surface area contributed by atoms with Crippen molar-refractivity contribution in [2.24, 2.45) is 0 Å². The number of carbonyl (C=O) groups is 2. The third-order valence-electron chi connectivity index (χ3n) is 4.67. The van der Waals surface area contributed by atoms with Crippen molar-refractivity contribution < 1.29 is 14.3 Å². The molecule has 0 aliphatic rings. The number of aryl methyl sites for hydroxylation is 1. The normalized spacial score (nSPS) is 11.5. The van der Waals surface area contributed by atoms with Crippen LogP contribution in [0.15, 0.2) is 54.6 Å². The number of rotatable bonds is 10. The van der Waals surface area contributed by atoms with Crippen molar-refractivity contribution >= 4 is 11.8 Å². The smallest absolute Gasteiger partial charge is 0.261 e. The van der Waals surface area contributed by atoms with Gasteiger partial charge in [-0.15, -0.1) is 0 Å². The zero-order chi connectivity index (χ0) is 20.4. The lowest BCUT2D eigenvalue weighted by Gasteiger charge is -2.30. The molecular formula is C23H30N2O3. The molecule has 0 heterocycles. The first-order valence-electron chi connectivity index (χ1n) is 9.86. The van der Waals surface area contributed by atoms with E-state index in [-0.39, 0.29) is 18.4 Å². The Balaban J connectivity index is 2.11. The molecule has 0 spiro atoms. The van der Waals surface area contributed by atoms with Crippen LogP contribution in [0.1, 0.15) is 31.4 Å². The summed E-state index contributed by atoms with van der Waals surface area (Å²) in [5.41, 5.74) is 2.10. The number of para-hydroxylation sites is 1. The highest BCUT2D eigenvalue weighted by atomic mass is 16.5. The predicted molar refractivity (Wildman–Crippen MR) is 111 cm³/mol. The molecule has 0 unspecified atom stereocenters. The molecule has 5 heteroatoms. The van der Waals surface area contributed by atoms with Gasteiger partial charge in [-0.2, -0.15) is 0 Å². The highest BCUT2D eigenvalue weighted by Crippen LogP contribution is 2.17.